The van der Waals surface area contributed by atoms with Crippen molar-refractivity contribution in [1.82, 2.24) is 4.90 Å². The van der Waals surface area contributed by atoms with E-state index in [2.05, 4.69) is 11.8 Å². The van der Waals surface area contributed by atoms with E-state index in [0.29, 0.717) is 31.8 Å². The first kappa shape index (κ1) is 41.7. The van der Waals surface area contributed by atoms with Gasteiger partial charge in [-0.05, 0) is 76.5 Å². The highest BCUT2D eigenvalue weighted by Crippen LogP contribution is 2.78. The van der Waals surface area contributed by atoms with E-state index in [1.807, 2.05) is 13.8 Å². The zero-order chi connectivity index (χ0) is 41.3. The highest BCUT2D eigenvalue weighted by atomic mass is 16.7. The average molecular weight is 794 g/mol. The Morgan fingerprint density at radius 1 is 0.929 bits per heavy atom. The highest BCUT2D eigenvalue weighted by molar-refractivity contribution is 5.79. The molecular formula is C41H63NO14. The van der Waals surface area contributed by atoms with Crippen molar-refractivity contribution < 1.29 is 68.4 Å². The Balaban J connectivity index is 1.45. The van der Waals surface area contributed by atoms with Crippen molar-refractivity contribution in [2.24, 2.45) is 46.8 Å². The van der Waals surface area contributed by atoms with Crippen LogP contribution in [0.15, 0.2) is 0 Å². The lowest BCUT2D eigenvalue weighted by Crippen LogP contribution is -2.78. The molecule has 4 saturated carbocycles. The summed E-state index contributed by atoms with van der Waals surface area (Å²) in [5.41, 5.74) is -8.37. The lowest BCUT2D eigenvalue weighted by atomic mass is 9.48. The van der Waals surface area contributed by atoms with Crippen LogP contribution in [0.1, 0.15) is 107 Å². The second-order valence-corrected chi connectivity index (χ2v) is 19.2. The van der Waals surface area contributed by atoms with Crippen molar-refractivity contribution in [3.8, 4) is 0 Å². The molecule has 0 aromatic rings. The van der Waals surface area contributed by atoms with Gasteiger partial charge in [0.05, 0.1) is 35.1 Å². The van der Waals surface area contributed by atoms with Gasteiger partial charge < -0.3 is 49.2 Å². The highest BCUT2D eigenvalue weighted by Gasteiger charge is 2.90. The molecule has 4 aliphatic carbocycles. The van der Waals surface area contributed by atoms with E-state index >= 15 is 0 Å². The summed E-state index contributed by atoms with van der Waals surface area (Å²) < 4.78 is 31.3. The second-order valence-electron chi connectivity index (χ2n) is 19.2. The molecular weight excluding hydrogens is 730 g/mol. The van der Waals surface area contributed by atoms with E-state index in [1.165, 1.54) is 20.8 Å². The number of hydrogen-bond acceptors (Lipinski definition) is 15. The number of aliphatic hydroxyl groups excluding tert-OH is 1. The van der Waals surface area contributed by atoms with E-state index in [9.17, 15) is 44.7 Å². The van der Waals surface area contributed by atoms with Gasteiger partial charge in [0, 0.05) is 44.3 Å². The van der Waals surface area contributed by atoms with Gasteiger partial charge in [-0.1, -0.05) is 34.6 Å². The standard InChI is InChI=1S/C41H63NO14/c1-10-20(4)34(46)55-33-28(45)27-23(18-42-17-19(3)12-13-25(42)38(27,9)49)24-16-39-32(40(24,33)50)30(53-22(6)44)29(52-21(5)43)31-36(39,7)15-14-26(41(31,51)56-39)54-35(47)37(8,48)11-2/h19-20,23-33,45,48-51H,10-18H2,1-9H3/t19-,20+,23-,24-,25-,26-,27+,28+,29-,30+,31-,32+,33-,36-,37-,38+,39+,40-,41?/m0/s1. The van der Waals surface area contributed by atoms with Gasteiger partial charge in [0.15, 0.2) is 17.8 Å². The molecule has 3 heterocycles. The molecule has 56 heavy (non-hydrogen) atoms. The van der Waals surface area contributed by atoms with Crippen LogP contribution in [0, 0.1) is 46.8 Å². The van der Waals surface area contributed by atoms with Crippen LogP contribution in [0.25, 0.3) is 0 Å². The quantitative estimate of drug-likeness (QED) is 0.174. The third-order valence-corrected chi connectivity index (χ3v) is 16.0. The van der Waals surface area contributed by atoms with Crippen LogP contribution in [-0.2, 0) is 42.9 Å². The molecule has 7 fully saturated rings. The molecule has 4 bridgehead atoms. The molecule has 1 unspecified atom stereocenters. The molecule has 0 amide bonds. The Hall–Kier alpha value is -2.40. The third kappa shape index (κ3) is 5.60. The first-order valence-corrected chi connectivity index (χ1v) is 20.7. The van der Waals surface area contributed by atoms with Crippen molar-refractivity contribution >= 4 is 23.9 Å². The Morgan fingerprint density at radius 3 is 2.14 bits per heavy atom. The van der Waals surface area contributed by atoms with Crippen molar-refractivity contribution in [3.63, 3.8) is 0 Å². The molecule has 15 nitrogen and oxygen atoms in total. The Labute approximate surface area is 328 Å². The van der Waals surface area contributed by atoms with Crippen LogP contribution in [-0.4, -0.2) is 132 Å². The first-order chi connectivity index (χ1) is 26.0. The van der Waals surface area contributed by atoms with E-state index in [-0.39, 0.29) is 31.7 Å². The van der Waals surface area contributed by atoms with Gasteiger partial charge >= 0.3 is 23.9 Å². The summed E-state index contributed by atoms with van der Waals surface area (Å²) in [6.07, 6.45) is -5.31. The van der Waals surface area contributed by atoms with Gasteiger partial charge in [-0.3, -0.25) is 19.3 Å². The maximum atomic E-state index is 13.9. The van der Waals surface area contributed by atoms with Gasteiger partial charge in [-0.25, -0.2) is 4.79 Å². The predicted molar refractivity (Wildman–Crippen MR) is 195 cm³/mol. The molecule has 7 rings (SSSR count). The van der Waals surface area contributed by atoms with Gasteiger partial charge in [0.2, 0.25) is 5.79 Å². The van der Waals surface area contributed by atoms with Crippen molar-refractivity contribution in [1.29, 1.82) is 0 Å². The Bertz CT molecular complexity index is 1620. The summed E-state index contributed by atoms with van der Waals surface area (Å²) >= 11 is 0. The average Bonchev–Trinajstić information content (AvgIpc) is 3.40. The SMILES string of the molecule is CC[C@@H](C)C(=O)O[C@H]1[C@H](O)[C@H]2[C@@H](CN3C[C@@H](C)CC[C@H]3[C@@]2(C)O)[C@@H]2C[C@]34OC5(O)[C@@H](OC(=O)[C@@](C)(O)CC)CC[C@@]3(C)[C@@H]5[C@@H](OC(C)=O)[C@@H](OC(C)=O)[C@H]4[C@@]21O. The minimum Gasteiger partial charge on any atom is -0.458 e. The minimum absolute atomic E-state index is 0.0107. The number of piperidine rings is 2. The zero-order valence-electron chi connectivity index (χ0n) is 34.2. The predicted octanol–water partition coefficient (Wildman–Crippen LogP) is 1.61. The van der Waals surface area contributed by atoms with Crippen LogP contribution < -0.4 is 0 Å². The lowest BCUT2D eigenvalue weighted by molar-refractivity contribution is -0.301. The minimum atomic E-state index is -2.38. The summed E-state index contributed by atoms with van der Waals surface area (Å²) in [5, 5.41) is 62.9. The Kier molecular flexibility index (Phi) is 10.1. The smallest absolute Gasteiger partial charge is 0.338 e. The topological polar surface area (TPSA) is 219 Å². The zero-order valence-corrected chi connectivity index (χ0v) is 34.2. The molecule has 0 aromatic carbocycles. The van der Waals surface area contributed by atoms with Gasteiger partial charge in [0.25, 0.3) is 0 Å². The fourth-order valence-electron chi connectivity index (χ4n) is 13.1. The van der Waals surface area contributed by atoms with Crippen molar-refractivity contribution in [2.45, 2.75) is 172 Å². The van der Waals surface area contributed by atoms with Crippen LogP contribution in [0.4, 0.5) is 0 Å². The summed E-state index contributed by atoms with van der Waals surface area (Å²) in [5.74, 6) is -10.8. The number of hydrogen-bond donors (Lipinski definition) is 5. The number of esters is 4. The molecule has 19 atom stereocenters. The normalized spacial score (nSPS) is 50.5. The maximum absolute atomic E-state index is 13.9. The summed E-state index contributed by atoms with van der Waals surface area (Å²) in [4.78, 5) is 55.6. The third-order valence-electron chi connectivity index (χ3n) is 16.0. The summed E-state index contributed by atoms with van der Waals surface area (Å²) in [6.45, 7) is 15.5. The monoisotopic (exact) mass is 793 g/mol. The molecule has 5 N–H and O–H groups in total. The van der Waals surface area contributed by atoms with Crippen molar-refractivity contribution in [3.05, 3.63) is 0 Å². The molecule has 0 aromatic heterocycles. The van der Waals surface area contributed by atoms with E-state index in [4.69, 9.17) is 23.7 Å². The fraction of sp³-hybridized carbons (Fsp3) is 0.902. The van der Waals surface area contributed by atoms with Crippen LogP contribution >= 0.6 is 0 Å². The summed E-state index contributed by atoms with van der Waals surface area (Å²) in [7, 11) is 0. The number of carbonyl (C=O) groups excluding carboxylic acids is 4. The van der Waals surface area contributed by atoms with E-state index in [1.54, 1.807) is 20.8 Å². The number of fused-ring (bicyclic) bond motifs is 5. The number of aliphatic hydroxyl groups is 5. The van der Waals surface area contributed by atoms with Crippen LogP contribution in [0.5, 0.6) is 0 Å². The number of rotatable bonds is 8. The van der Waals surface area contributed by atoms with Gasteiger partial charge in [-0.15, -0.1) is 0 Å². The van der Waals surface area contributed by atoms with Crippen molar-refractivity contribution in [2.75, 3.05) is 13.1 Å². The van der Waals surface area contributed by atoms with Gasteiger partial charge in [-0.2, -0.15) is 0 Å². The van der Waals surface area contributed by atoms with Crippen LogP contribution in [0.2, 0.25) is 0 Å². The number of ether oxygens (including phenoxy) is 5. The molecule has 7 aliphatic rings. The van der Waals surface area contributed by atoms with Crippen LogP contribution in [0.3, 0.4) is 0 Å². The second kappa shape index (κ2) is 13.6. The fourth-order valence-corrected chi connectivity index (χ4v) is 13.1. The molecule has 316 valence electrons. The van der Waals surface area contributed by atoms with E-state index < -0.39 is 124 Å². The van der Waals surface area contributed by atoms with E-state index in [0.717, 1.165) is 6.42 Å². The number of nitrogens with zero attached hydrogens (tertiary/aromatic N) is 1. The largest absolute Gasteiger partial charge is 0.458 e. The molecule has 15 heteroatoms. The Morgan fingerprint density at radius 2 is 1.55 bits per heavy atom. The number of carbonyl (C=O) groups is 4. The maximum Gasteiger partial charge on any atom is 0.338 e. The summed E-state index contributed by atoms with van der Waals surface area (Å²) in [6, 6.07) is -0.309. The molecule has 3 aliphatic heterocycles. The lowest BCUT2D eigenvalue weighted by Gasteiger charge is -2.64. The molecule has 3 saturated heterocycles. The molecule has 0 radical (unpaired) electrons. The van der Waals surface area contributed by atoms with Gasteiger partial charge in [0.1, 0.15) is 17.8 Å². The first-order valence-electron chi connectivity index (χ1n) is 20.7. The molecule has 1 spiro atoms.